The molecule has 1 rings (SSSR count). The third kappa shape index (κ3) is 1.95. The second-order valence-electron chi connectivity index (χ2n) is 2.75. The summed E-state index contributed by atoms with van der Waals surface area (Å²) >= 11 is 0. The smallest absolute Gasteiger partial charge is 0.0518 e. The average Bonchev–Trinajstić information content (AvgIpc) is 1.78. The fourth-order valence-electron chi connectivity index (χ4n) is 1.22. The molecule has 0 aromatic carbocycles. The van der Waals surface area contributed by atoms with E-state index >= 15 is 0 Å². The summed E-state index contributed by atoms with van der Waals surface area (Å²) in [5, 5.41) is 0. The molecule has 0 radical (unpaired) electrons. The van der Waals surface area contributed by atoms with E-state index in [0.717, 1.165) is 19.1 Å². The number of hydrogen-bond donors (Lipinski definition) is 0. The number of ether oxygens (including phenoxy) is 1. The van der Waals surface area contributed by atoms with Crippen molar-refractivity contribution in [2.24, 2.45) is 5.92 Å². The van der Waals surface area contributed by atoms with E-state index in [1.165, 1.54) is 13.1 Å². The lowest BCUT2D eigenvalue weighted by molar-refractivity contribution is 0.0329. The first-order valence-electron chi connectivity index (χ1n) is 3.59. The topological polar surface area (TPSA) is 12.5 Å². The summed E-state index contributed by atoms with van der Waals surface area (Å²) in [7, 11) is 2.14. The second kappa shape index (κ2) is 3.18. The van der Waals surface area contributed by atoms with Crippen molar-refractivity contribution in [1.82, 2.24) is 4.90 Å². The highest BCUT2D eigenvalue weighted by Gasteiger charge is 2.22. The Kier molecular flexibility index (Phi) is 2.49. The van der Waals surface area contributed by atoms with Gasteiger partial charge in [0, 0.05) is 25.6 Å². The lowest BCUT2D eigenvalue weighted by Crippen LogP contribution is -2.45. The van der Waals surface area contributed by atoms with Gasteiger partial charge in [0.15, 0.2) is 0 Å². The van der Waals surface area contributed by atoms with E-state index in [1.807, 2.05) is 6.92 Å². The third-order valence-corrected chi connectivity index (χ3v) is 1.70. The van der Waals surface area contributed by atoms with Gasteiger partial charge in [-0.1, -0.05) is 0 Å². The van der Waals surface area contributed by atoms with E-state index in [9.17, 15) is 0 Å². The number of likely N-dealkylation sites (tertiary alicyclic amines) is 1. The van der Waals surface area contributed by atoms with Crippen molar-refractivity contribution in [3.63, 3.8) is 0 Å². The molecule has 0 aromatic rings. The zero-order chi connectivity index (χ0) is 6.69. The minimum Gasteiger partial charge on any atom is -0.381 e. The molecule has 0 spiro atoms. The number of nitrogens with zero attached hydrogens (tertiary/aromatic N) is 1. The molecule has 9 heavy (non-hydrogen) atoms. The van der Waals surface area contributed by atoms with E-state index in [1.54, 1.807) is 0 Å². The van der Waals surface area contributed by atoms with Gasteiger partial charge in [0.1, 0.15) is 0 Å². The van der Waals surface area contributed by atoms with Crippen LogP contribution >= 0.6 is 0 Å². The van der Waals surface area contributed by atoms with Gasteiger partial charge in [-0.2, -0.15) is 0 Å². The van der Waals surface area contributed by atoms with Crippen LogP contribution in [0.2, 0.25) is 0 Å². The molecule has 1 fully saturated rings. The Morgan fingerprint density at radius 2 is 2.22 bits per heavy atom. The highest BCUT2D eigenvalue weighted by molar-refractivity contribution is 4.75. The summed E-state index contributed by atoms with van der Waals surface area (Å²) in [6, 6.07) is 0. The van der Waals surface area contributed by atoms with Crippen LogP contribution in [0.15, 0.2) is 0 Å². The predicted octanol–water partition coefficient (Wildman–Crippen LogP) is 0.585. The maximum absolute atomic E-state index is 5.26. The van der Waals surface area contributed by atoms with Crippen LogP contribution in [0.4, 0.5) is 0 Å². The molecule has 0 amide bonds. The zero-order valence-corrected chi connectivity index (χ0v) is 6.26. The van der Waals surface area contributed by atoms with Gasteiger partial charge < -0.3 is 9.64 Å². The molecule has 0 atom stereocenters. The van der Waals surface area contributed by atoms with E-state index in [4.69, 9.17) is 4.74 Å². The van der Waals surface area contributed by atoms with E-state index in [-0.39, 0.29) is 0 Å². The fourth-order valence-corrected chi connectivity index (χ4v) is 1.22. The summed E-state index contributed by atoms with van der Waals surface area (Å²) in [5.41, 5.74) is 0. The fraction of sp³-hybridized carbons (Fsp3) is 1.00. The van der Waals surface area contributed by atoms with Crippen molar-refractivity contribution in [2.75, 3.05) is 33.4 Å². The zero-order valence-electron chi connectivity index (χ0n) is 6.26. The van der Waals surface area contributed by atoms with Crippen molar-refractivity contribution in [1.29, 1.82) is 0 Å². The molecule has 1 saturated heterocycles. The van der Waals surface area contributed by atoms with Crippen molar-refractivity contribution in [2.45, 2.75) is 6.92 Å². The molecule has 0 unspecified atom stereocenters. The SMILES string of the molecule is CCOCC1CN(C)C1. The highest BCUT2D eigenvalue weighted by Crippen LogP contribution is 2.11. The molecule has 1 aliphatic heterocycles. The molecule has 1 aliphatic rings. The quantitative estimate of drug-likeness (QED) is 0.553. The summed E-state index contributed by atoms with van der Waals surface area (Å²) < 4.78 is 5.26. The van der Waals surface area contributed by atoms with Crippen molar-refractivity contribution in [3.8, 4) is 0 Å². The van der Waals surface area contributed by atoms with Gasteiger partial charge in [-0.3, -0.25) is 0 Å². The summed E-state index contributed by atoms with van der Waals surface area (Å²) in [4.78, 5) is 2.31. The maximum atomic E-state index is 5.26. The van der Waals surface area contributed by atoms with Crippen molar-refractivity contribution < 1.29 is 4.74 Å². The van der Waals surface area contributed by atoms with Crippen molar-refractivity contribution >= 4 is 0 Å². The molecule has 0 aliphatic carbocycles. The van der Waals surface area contributed by atoms with E-state index < -0.39 is 0 Å². The molecule has 2 nitrogen and oxygen atoms in total. The Morgan fingerprint density at radius 3 is 2.67 bits per heavy atom. The average molecular weight is 129 g/mol. The molecule has 0 N–H and O–H groups in total. The normalized spacial score (nSPS) is 22.0. The Balaban J connectivity index is 1.91. The molecule has 0 saturated carbocycles. The summed E-state index contributed by atoms with van der Waals surface area (Å²) in [5.74, 6) is 0.815. The molecule has 2 heteroatoms. The van der Waals surface area contributed by atoms with Crippen LogP contribution in [0.3, 0.4) is 0 Å². The lowest BCUT2D eigenvalue weighted by atomic mass is 10.0. The Hall–Kier alpha value is -0.0800. The number of rotatable bonds is 3. The minimum absolute atomic E-state index is 0.815. The largest absolute Gasteiger partial charge is 0.381 e. The van der Waals surface area contributed by atoms with Gasteiger partial charge in [-0.05, 0) is 14.0 Å². The summed E-state index contributed by atoms with van der Waals surface area (Å²) in [6.07, 6.45) is 0. The van der Waals surface area contributed by atoms with Crippen LogP contribution in [0.1, 0.15) is 6.92 Å². The van der Waals surface area contributed by atoms with Gasteiger partial charge >= 0.3 is 0 Å². The van der Waals surface area contributed by atoms with Crippen LogP contribution < -0.4 is 0 Å². The van der Waals surface area contributed by atoms with Crippen LogP contribution in [-0.4, -0.2) is 38.3 Å². The summed E-state index contributed by atoms with van der Waals surface area (Å²) in [6.45, 7) is 6.31. The maximum Gasteiger partial charge on any atom is 0.0518 e. The molecule has 0 aromatic heterocycles. The first kappa shape index (κ1) is 7.03. The Labute approximate surface area is 56.8 Å². The third-order valence-electron chi connectivity index (χ3n) is 1.70. The first-order valence-corrected chi connectivity index (χ1v) is 3.59. The Bertz CT molecular complexity index is 79.0. The standard InChI is InChI=1S/C7H15NO/c1-3-9-6-7-4-8(2)5-7/h7H,3-6H2,1-2H3. The van der Waals surface area contributed by atoms with E-state index in [2.05, 4.69) is 11.9 Å². The lowest BCUT2D eigenvalue weighted by Gasteiger charge is -2.35. The van der Waals surface area contributed by atoms with Crippen molar-refractivity contribution in [3.05, 3.63) is 0 Å². The van der Waals surface area contributed by atoms with E-state index in [0.29, 0.717) is 0 Å². The van der Waals surface area contributed by atoms with Crippen LogP contribution in [0.5, 0.6) is 0 Å². The van der Waals surface area contributed by atoms with Crippen LogP contribution in [0.25, 0.3) is 0 Å². The van der Waals surface area contributed by atoms with Crippen LogP contribution in [0, 0.1) is 5.92 Å². The molecule has 1 heterocycles. The number of hydrogen-bond acceptors (Lipinski definition) is 2. The monoisotopic (exact) mass is 129 g/mol. The Morgan fingerprint density at radius 1 is 1.56 bits per heavy atom. The highest BCUT2D eigenvalue weighted by atomic mass is 16.5. The molecular weight excluding hydrogens is 114 g/mol. The van der Waals surface area contributed by atoms with Gasteiger partial charge in [-0.15, -0.1) is 0 Å². The first-order chi connectivity index (χ1) is 4.33. The van der Waals surface area contributed by atoms with Gasteiger partial charge in [0.2, 0.25) is 0 Å². The second-order valence-corrected chi connectivity index (χ2v) is 2.75. The molecule has 54 valence electrons. The molecular formula is C7H15NO. The predicted molar refractivity (Wildman–Crippen MR) is 37.5 cm³/mol. The van der Waals surface area contributed by atoms with Gasteiger partial charge in [0.05, 0.1) is 6.61 Å². The molecule has 0 bridgehead atoms. The van der Waals surface area contributed by atoms with Crippen LogP contribution in [-0.2, 0) is 4.74 Å². The minimum atomic E-state index is 0.815. The van der Waals surface area contributed by atoms with Gasteiger partial charge in [0.25, 0.3) is 0 Å². The van der Waals surface area contributed by atoms with Gasteiger partial charge in [-0.25, -0.2) is 0 Å².